The van der Waals surface area contributed by atoms with Crippen molar-refractivity contribution >= 4 is 27.4 Å². The molecule has 0 bridgehead atoms. The molecule has 4 rings (SSSR count). The van der Waals surface area contributed by atoms with Crippen LogP contribution in [0.25, 0.3) is 0 Å². The molecule has 0 aliphatic rings. The third-order valence-electron chi connectivity index (χ3n) is 5.41. The summed E-state index contributed by atoms with van der Waals surface area (Å²) >= 11 is 0. The van der Waals surface area contributed by atoms with Gasteiger partial charge in [-0.3, -0.25) is 4.79 Å². The first-order chi connectivity index (χ1) is 18.5. The SMILES string of the molecule is Cc1cc(C(=O)OC[C@H](C)Oc2cc(NC(=O)c3c[nH]c(C)n3)cc(Oc3ccc(S(C)(=O)=O)cc3)c2)c[nH]1. The number of H-pyrrole nitrogens is 2. The first kappa shape index (κ1) is 27.5. The second-order valence-corrected chi connectivity index (χ2v) is 11.0. The van der Waals surface area contributed by atoms with Gasteiger partial charge < -0.3 is 29.5 Å². The van der Waals surface area contributed by atoms with Gasteiger partial charge in [0.2, 0.25) is 0 Å². The number of benzene rings is 2. The van der Waals surface area contributed by atoms with Crippen molar-refractivity contribution in [3.05, 3.63) is 83.7 Å². The third kappa shape index (κ3) is 7.48. The van der Waals surface area contributed by atoms with E-state index < -0.39 is 27.8 Å². The van der Waals surface area contributed by atoms with Gasteiger partial charge in [-0.1, -0.05) is 0 Å². The molecule has 0 fully saturated rings. The number of carbonyl (C=O) groups is 2. The van der Waals surface area contributed by atoms with Crippen molar-refractivity contribution in [3.8, 4) is 17.2 Å². The fraction of sp³-hybridized carbons (Fsp3) is 0.222. The van der Waals surface area contributed by atoms with Crippen LogP contribution >= 0.6 is 0 Å². The highest BCUT2D eigenvalue weighted by Crippen LogP contribution is 2.31. The van der Waals surface area contributed by atoms with Crippen LogP contribution in [0.2, 0.25) is 0 Å². The molecular formula is C27H28N4O7S. The smallest absolute Gasteiger partial charge is 0.339 e. The van der Waals surface area contributed by atoms with E-state index in [2.05, 4.69) is 20.3 Å². The Morgan fingerprint density at radius 1 is 0.974 bits per heavy atom. The van der Waals surface area contributed by atoms with Crippen molar-refractivity contribution < 1.29 is 32.2 Å². The van der Waals surface area contributed by atoms with Gasteiger partial charge in [-0.2, -0.15) is 0 Å². The molecule has 1 amide bonds. The maximum atomic E-state index is 12.7. The summed E-state index contributed by atoms with van der Waals surface area (Å²) in [5.41, 5.74) is 1.83. The average Bonchev–Trinajstić information content (AvgIpc) is 3.50. The predicted molar refractivity (Wildman–Crippen MR) is 143 cm³/mol. The fourth-order valence-corrected chi connectivity index (χ4v) is 4.19. The highest BCUT2D eigenvalue weighted by Gasteiger charge is 2.16. The van der Waals surface area contributed by atoms with Gasteiger partial charge in [0.05, 0.1) is 10.5 Å². The normalized spacial score (nSPS) is 12.0. The van der Waals surface area contributed by atoms with Gasteiger partial charge in [0.15, 0.2) is 9.84 Å². The summed E-state index contributed by atoms with van der Waals surface area (Å²) < 4.78 is 40.7. The summed E-state index contributed by atoms with van der Waals surface area (Å²) in [5, 5.41) is 2.76. The van der Waals surface area contributed by atoms with Crippen LogP contribution < -0.4 is 14.8 Å². The Labute approximate surface area is 225 Å². The molecule has 2 aromatic heterocycles. The second-order valence-electron chi connectivity index (χ2n) is 8.96. The highest BCUT2D eigenvalue weighted by atomic mass is 32.2. The van der Waals surface area contributed by atoms with E-state index in [1.807, 2.05) is 6.92 Å². The number of sulfone groups is 1. The minimum Gasteiger partial charge on any atom is -0.487 e. The van der Waals surface area contributed by atoms with Gasteiger partial charge in [0.25, 0.3) is 5.91 Å². The summed E-state index contributed by atoms with van der Waals surface area (Å²) in [5.74, 6) is 0.714. The molecule has 2 aromatic carbocycles. The van der Waals surface area contributed by atoms with E-state index in [1.165, 1.54) is 30.5 Å². The van der Waals surface area contributed by atoms with Crippen LogP contribution in [0.4, 0.5) is 5.69 Å². The van der Waals surface area contributed by atoms with Gasteiger partial charge in [-0.15, -0.1) is 0 Å². The lowest BCUT2D eigenvalue weighted by Crippen LogP contribution is -2.21. The first-order valence-electron chi connectivity index (χ1n) is 11.9. The molecule has 2 heterocycles. The first-order valence-corrected chi connectivity index (χ1v) is 13.8. The number of nitrogens with zero attached hydrogens (tertiary/aromatic N) is 1. The number of imidazole rings is 1. The van der Waals surface area contributed by atoms with Crippen LogP contribution in [-0.4, -0.2) is 54.2 Å². The van der Waals surface area contributed by atoms with Crippen LogP contribution in [0.3, 0.4) is 0 Å². The summed E-state index contributed by atoms with van der Waals surface area (Å²) in [6, 6.07) is 12.4. The van der Waals surface area contributed by atoms with E-state index in [4.69, 9.17) is 14.2 Å². The molecule has 204 valence electrons. The number of hydrogen-bond donors (Lipinski definition) is 3. The summed E-state index contributed by atoms with van der Waals surface area (Å²) in [4.78, 5) is 35.0. The lowest BCUT2D eigenvalue weighted by Gasteiger charge is -2.17. The van der Waals surface area contributed by atoms with Crippen molar-refractivity contribution in [3.63, 3.8) is 0 Å². The molecule has 12 heteroatoms. The van der Waals surface area contributed by atoms with Crippen LogP contribution in [0.15, 0.2) is 65.8 Å². The van der Waals surface area contributed by atoms with Gasteiger partial charge in [-0.25, -0.2) is 18.2 Å². The monoisotopic (exact) mass is 552 g/mol. The quantitative estimate of drug-likeness (QED) is 0.244. The van der Waals surface area contributed by atoms with E-state index in [-0.39, 0.29) is 17.2 Å². The van der Waals surface area contributed by atoms with Gasteiger partial charge >= 0.3 is 5.97 Å². The van der Waals surface area contributed by atoms with E-state index in [0.29, 0.717) is 34.3 Å². The van der Waals surface area contributed by atoms with E-state index >= 15 is 0 Å². The minimum absolute atomic E-state index is 0.0185. The number of carbonyl (C=O) groups excluding carboxylic acids is 2. The van der Waals surface area contributed by atoms with Crippen LogP contribution in [-0.2, 0) is 14.6 Å². The summed E-state index contributed by atoms with van der Waals surface area (Å²) in [6.07, 6.45) is 3.66. The molecule has 0 saturated carbocycles. The Morgan fingerprint density at radius 2 is 1.69 bits per heavy atom. The van der Waals surface area contributed by atoms with Gasteiger partial charge in [0.1, 0.15) is 41.5 Å². The van der Waals surface area contributed by atoms with Crippen molar-refractivity contribution in [2.24, 2.45) is 0 Å². The van der Waals surface area contributed by atoms with Gasteiger partial charge in [0, 0.05) is 48.2 Å². The molecule has 39 heavy (non-hydrogen) atoms. The van der Waals surface area contributed by atoms with Crippen molar-refractivity contribution in [1.82, 2.24) is 15.0 Å². The molecule has 3 N–H and O–H groups in total. The molecule has 0 aliphatic carbocycles. The predicted octanol–water partition coefficient (Wildman–Crippen LogP) is 4.43. The van der Waals surface area contributed by atoms with E-state index in [0.717, 1.165) is 11.9 Å². The zero-order valence-corrected chi connectivity index (χ0v) is 22.6. The topological polar surface area (TPSA) is 152 Å². The molecular weight excluding hydrogens is 524 g/mol. The number of nitrogens with one attached hydrogen (secondary N) is 3. The molecule has 0 radical (unpaired) electrons. The standard InChI is InChI=1S/C27H28N4O7S/c1-16-9-19(13-28-16)27(33)36-15-17(2)37-22-10-20(31-26(32)25-14-29-18(3)30-25)11-23(12-22)38-21-5-7-24(8-6-21)39(4,34)35/h5-14,17,28H,15H2,1-4H3,(H,29,30)(H,31,32)/t17-/m0/s1. The van der Waals surface area contributed by atoms with E-state index in [1.54, 1.807) is 44.3 Å². The Kier molecular flexibility index (Phi) is 8.05. The number of aromatic nitrogens is 3. The Morgan fingerprint density at radius 3 is 2.31 bits per heavy atom. The van der Waals surface area contributed by atoms with Gasteiger partial charge in [-0.05, 0) is 51.1 Å². The third-order valence-corrected chi connectivity index (χ3v) is 6.54. The Balaban J connectivity index is 1.51. The number of hydrogen-bond acceptors (Lipinski definition) is 8. The van der Waals surface area contributed by atoms with E-state index in [9.17, 15) is 18.0 Å². The van der Waals surface area contributed by atoms with Crippen molar-refractivity contribution in [2.45, 2.75) is 31.8 Å². The molecule has 11 nitrogen and oxygen atoms in total. The highest BCUT2D eigenvalue weighted by molar-refractivity contribution is 7.90. The maximum Gasteiger partial charge on any atom is 0.339 e. The zero-order valence-electron chi connectivity index (χ0n) is 21.8. The lowest BCUT2D eigenvalue weighted by molar-refractivity contribution is 0.0341. The van der Waals surface area contributed by atoms with Crippen LogP contribution in [0.5, 0.6) is 17.2 Å². The number of aromatic amines is 2. The number of esters is 1. The molecule has 0 aliphatic heterocycles. The fourth-order valence-electron chi connectivity index (χ4n) is 3.56. The molecule has 4 aromatic rings. The number of amides is 1. The van der Waals surface area contributed by atoms with Crippen LogP contribution in [0.1, 0.15) is 39.3 Å². The molecule has 0 unspecified atom stereocenters. The number of anilines is 1. The average molecular weight is 553 g/mol. The maximum absolute atomic E-state index is 12.7. The van der Waals surface area contributed by atoms with Crippen LogP contribution in [0, 0.1) is 13.8 Å². The second kappa shape index (κ2) is 11.4. The minimum atomic E-state index is -3.35. The summed E-state index contributed by atoms with van der Waals surface area (Å²) in [7, 11) is -3.35. The largest absolute Gasteiger partial charge is 0.487 e. The number of ether oxygens (including phenoxy) is 3. The van der Waals surface area contributed by atoms with Crippen molar-refractivity contribution in [2.75, 3.05) is 18.2 Å². The zero-order chi connectivity index (χ0) is 28.2. The molecule has 0 spiro atoms. The molecule has 0 saturated heterocycles. The number of rotatable bonds is 10. The Hall–Kier alpha value is -4.58. The number of aryl methyl sites for hydroxylation is 2. The molecule has 1 atom stereocenters. The lowest BCUT2D eigenvalue weighted by atomic mass is 10.2. The Bertz CT molecular complexity index is 1590. The summed E-state index contributed by atoms with van der Waals surface area (Å²) in [6.45, 7) is 5.28. The van der Waals surface area contributed by atoms with Crippen molar-refractivity contribution in [1.29, 1.82) is 0 Å².